The molecule has 0 aliphatic rings. The van der Waals surface area contributed by atoms with Gasteiger partial charge in [0.15, 0.2) is 0 Å². The minimum atomic E-state index is 0.0172. The number of carbonyl (C=O) groups is 1. The summed E-state index contributed by atoms with van der Waals surface area (Å²) in [5.41, 5.74) is 1.12. The van der Waals surface area contributed by atoms with E-state index in [0.29, 0.717) is 13.0 Å². The first kappa shape index (κ1) is 11.7. The van der Waals surface area contributed by atoms with E-state index in [1.54, 1.807) is 0 Å². The number of hydrogen-bond acceptors (Lipinski definition) is 3. The summed E-state index contributed by atoms with van der Waals surface area (Å²) in [4.78, 5) is 10.3. The van der Waals surface area contributed by atoms with Gasteiger partial charge >= 0.3 is 0 Å². The highest BCUT2D eigenvalue weighted by atomic mass is 16.5. The van der Waals surface area contributed by atoms with Crippen molar-refractivity contribution in [3.63, 3.8) is 0 Å². The molecule has 1 rings (SSSR count). The van der Waals surface area contributed by atoms with Gasteiger partial charge in [-0.3, -0.25) is 0 Å². The van der Waals surface area contributed by atoms with Crippen LogP contribution in [0.1, 0.15) is 24.8 Å². The van der Waals surface area contributed by atoms with E-state index in [2.05, 4.69) is 0 Å². The third-order valence-corrected chi connectivity index (χ3v) is 2.26. The number of rotatable bonds is 6. The van der Waals surface area contributed by atoms with Gasteiger partial charge in [0.05, 0.1) is 6.61 Å². The molecule has 15 heavy (non-hydrogen) atoms. The van der Waals surface area contributed by atoms with Gasteiger partial charge in [-0.05, 0) is 23.6 Å². The van der Waals surface area contributed by atoms with Gasteiger partial charge in [-0.1, -0.05) is 19.1 Å². The van der Waals surface area contributed by atoms with Crippen molar-refractivity contribution < 1.29 is 14.6 Å². The Kier molecular flexibility index (Phi) is 4.84. The molecule has 3 heteroatoms. The Morgan fingerprint density at radius 3 is 2.60 bits per heavy atom. The third-order valence-electron chi connectivity index (χ3n) is 2.26. The minimum Gasteiger partial charge on any atom is -0.491 e. The van der Waals surface area contributed by atoms with Crippen LogP contribution in [0.25, 0.3) is 0 Å². The smallest absolute Gasteiger partial charge is 0.120 e. The van der Waals surface area contributed by atoms with Crippen molar-refractivity contribution in [3.8, 4) is 5.75 Å². The molecule has 0 aromatic heterocycles. The molecule has 1 unspecified atom stereocenters. The Labute approximate surface area is 89.7 Å². The zero-order valence-corrected chi connectivity index (χ0v) is 8.85. The van der Waals surface area contributed by atoms with Crippen LogP contribution in [0, 0.1) is 0 Å². The largest absolute Gasteiger partial charge is 0.491 e. The number of carbonyl (C=O) groups excluding carboxylic acids is 1. The van der Waals surface area contributed by atoms with Gasteiger partial charge < -0.3 is 14.6 Å². The monoisotopic (exact) mass is 208 g/mol. The number of aliphatic hydroxyl groups excluding tert-OH is 1. The van der Waals surface area contributed by atoms with Crippen LogP contribution in [0.15, 0.2) is 24.3 Å². The summed E-state index contributed by atoms with van der Waals surface area (Å²) in [6.07, 6.45) is 1.47. The fourth-order valence-corrected chi connectivity index (χ4v) is 1.34. The van der Waals surface area contributed by atoms with Crippen LogP contribution in [0.5, 0.6) is 5.75 Å². The molecule has 0 fully saturated rings. The van der Waals surface area contributed by atoms with E-state index in [4.69, 9.17) is 9.84 Å². The molecule has 1 aromatic rings. The van der Waals surface area contributed by atoms with Crippen LogP contribution in [-0.4, -0.2) is 24.6 Å². The van der Waals surface area contributed by atoms with Gasteiger partial charge in [-0.2, -0.15) is 0 Å². The second kappa shape index (κ2) is 6.19. The molecule has 0 spiro atoms. The second-order valence-corrected chi connectivity index (χ2v) is 3.44. The molecule has 3 nitrogen and oxygen atoms in total. The Hall–Kier alpha value is -1.35. The van der Waals surface area contributed by atoms with Crippen LogP contribution in [0.4, 0.5) is 0 Å². The van der Waals surface area contributed by atoms with Crippen molar-refractivity contribution in [1.82, 2.24) is 0 Å². The average molecular weight is 208 g/mol. The first-order valence-electron chi connectivity index (χ1n) is 5.05. The quantitative estimate of drug-likeness (QED) is 0.724. The maximum atomic E-state index is 10.3. The van der Waals surface area contributed by atoms with Gasteiger partial charge in [0.2, 0.25) is 0 Å². The van der Waals surface area contributed by atoms with E-state index in [1.165, 1.54) is 0 Å². The minimum absolute atomic E-state index is 0.0172. The van der Waals surface area contributed by atoms with E-state index < -0.39 is 0 Å². The predicted molar refractivity (Wildman–Crippen MR) is 58.1 cm³/mol. The molecule has 0 aliphatic heterocycles. The fraction of sp³-hybridized carbons (Fsp3) is 0.417. The standard InChI is InChI=1S/C12H16O3/c1-10(6-7-13)11-2-4-12(5-3-11)15-9-8-14/h2-5,7,10,14H,6,8-9H2,1H3. The molecule has 0 bridgehead atoms. The zero-order valence-electron chi connectivity index (χ0n) is 8.85. The maximum Gasteiger partial charge on any atom is 0.120 e. The molecule has 0 heterocycles. The lowest BCUT2D eigenvalue weighted by Crippen LogP contribution is -2.01. The normalized spacial score (nSPS) is 12.1. The topological polar surface area (TPSA) is 46.5 Å². The average Bonchev–Trinajstić information content (AvgIpc) is 2.27. The van der Waals surface area contributed by atoms with Crippen molar-refractivity contribution in [2.75, 3.05) is 13.2 Å². The lowest BCUT2D eigenvalue weighted by molar-refractivity contribution is -0.108. The molecule has 1 aromatic carbocycles. The summed E-state index contributed by atoms with van der Waals surface area (Å²) >= 11 is 0. The van der Waals surface area contributed by atoms with Gasteiger partial charge in [0, 0.05) is 6.42 Å². The highest BCUT2D eigenvalue weighted by molar-refractivity contribution is 5.51. The zero-order chi connectivity index (χ0) is 11.1. The first-order chi connectivity index (χ1) is 7.27. The van der Waals surface area contributed by atoms with Crippen molar-refractivity contribution in [2.24, 2.45) is 0 Å². The molecule has 82 valence electrons. The summed E-state index contributed by atoms with van der Waals surface area (Å²) in [5, 5.41) is 8.58. The highest BCUT2D eigenvalue weighted by Crippen LogP contribution is 2.20. The Morgan fingerprint density at radius 2 is 2.07 bits per heavy atom. The van der Waals surface area contributed by atoms with Gasteiger partial charge in [0.1, 0.15) is 18.6 Å². The lowest BCUT2D eigenvalue weighted by atomic mass is 9.99. The number of hydrogen-bond donors (Lipinski definition) is 1. The summed E-state index contributed by atoms with van der Waals surface area (Å²) in [6.45, 7) is 2.34. The Balaban J connectivity index is 2.59. The molecule has 0 radical (unpaired) electrons. The summed E-state index contributed by atoms with van der Waals surface area (Å²) < 4.78 is 5.23. The Bertz CT molecular complexity index is 292. The van der Waals surface area contributed by atoms with Crippen molar-refractivity contribution in [1.29, 1.82) is 0 Å². The van der Waals surface area contributed by atoms with Gasteiger partial charge in [-0.25, -0.2) is 0 Å². The van der Waals surface area contributed by atoms with Crippen LogP contribution in [0.2, 0.25) is 0 Å². The summed E-state index contributed by atoms with van der Waals surface area (Å²) in [6, 6.07) is 7.60. The van der Waals surface area contributed by atoms with Crippen molar-refractivity contribution >= 4 is 6.29 Å². The molecular weight excluding hydrogens is 192 g/mol. The molecule has 1 N–H and O–H groups in total. The first-order valence-corrected chi connectivity index (χ1v) is 5.05. The Morgan fingerprint density at radius 1 is 1.40 bits per heavy atom. The molecule has 0 amide bonds. The number of ether oxygens (including phenoxy) is 1. The van der Waals surface area contributed by atoms with E-state index in [1.807, 2.05) is 31.2 Å². The van der Waals surface area contributed by atoms with Gasteiger partial charge in [0.25, 0.3) is 0 Å². The van der Waals surface area contributed by atoms with Crippen LogP contribution in [-0.2, 0) is 4.79 Å². The molecule has 1 atom stereocenters. The van der Waals surface area contributed by atoms with Gasteiger partial charge in [-0.15, -0.1) is 0 Å². The van der Waals surface area contributed by atoms with Crippen LogP contribution >= 0.6 is 0 Å². The number of aliphatic hydroxyl groups is 1. The SMILES string of the molecule is CC(CC=O)c1ccc(OCCO)cc1. The van der Waals surface area contributed by atoms with E-state index in [-0.39, 0.29) is 12.5 Å². The highest BCUT2D eigenvalue weighted by Gasteiger charge is 2.04. The summed E-state index contributed by atoms with van der Waals surface area (Å²) in [5.74, 6) is 0.987. The van der Waals surface area contributed by atoms with E-state index >= 15 is 0 Å². The molecule has 0 saturated heterocycles. The third kappa shape index (κ3) is 3.72. The van der Waals surface area contributed by atoms with E-state index in [0.717, 1.165) is 17.6 Å². The van der Waals surface area contributed by atoms with Crippen molar-refractivity contribution in [3.05, 3.63) is 29.8 Å². The van der Waals surface area contributed by atoms with Crippen LogP contribution in [0.3, 0.4) is 0 Å². The molecule has 0 saturated carbocycles. The van der Waals surface area contributed by atoms with E-state index in [9.17, 15) is 4.79 Å². The lowest BCUT2D eigenvalue weighted by Gasteiger charge is -2.09. The predicted octanol–water partition coefficient (Wildman–Crippen LogP) is 1.75. The number of aldehydes is 1. The summed E-state index contributed by atoms with van der Waals surface area (Å²) in [7, 11) is 0. The van der Waals surface area contributed by atoms with Crippen molar-refractivity contribution in [2.45, 2.75) is 19.3 Å². The molecular formula is C12H16O3. The maximum absolute atomic E-state index is 10.3. The second-order valence-electron chi connectivity index (χ2n) is 3.44. The van der Waals surface area contributed by atoms with Crippen LogP contribution < -0.4 is 4.74 Å². The fourth-order valence-electron chi connectivity index (χ4n) is 1.34. The molecule has 0 aliphatic carbocycles. The number of benzene rings is 1.